The van der Waals surface area contributed by atoms with Crippen LogP contribution in [0.4, 0.5) is 11.6 Å². The van der Waals surface area contributed by atoms with Gasteiger partial charge in [0.2, 0.25) is 5.95 Å². The number of halogens is 2. The molecule has 1 heterocycles. The van der Waals surface area contributed by atoms with Crippen molar-refractivity contribution in [3.63, 3.8) is 0 Å². The molecule has 0 fully saturated rings. The number of nitrogens with zero attached hydrogens (tertiary/aromatic N) is 2. The fourth-order valence-corrected chi connectivity index (χ4v) is 3.89. The summed E-state index contributed by atoms with van der Waals surface area (Å²) < 4.78 is 0. The molecule has 1 amide bonds. The normalized spacial score (nSPS) is 10.8. The van der Waals surface area contributed by atoms with Crippen molar-refractivity contribution in [2.75, 3.05) is 11.4 Å². The standard InChI is InChI=1S/C24H20Cl2N4O3/c25-17-11-18(26)13-19(12-17)30(24-28-20-3-1-2-4-21(20)29-24)14-15-5-7-16(8-6-15)23(33)27-10-9-22(31)32/h1-8,11-13H,9-10,14H2,(H,27,33)(H,28,29)(H,31,32). The number of benzene rings is 3. The summed E-state index contributed by atoms with van der Waals surface area (Å²) in [5.41, 5.74) is 3.87. The number of aromatic amines is 1. The first kappa shape index (κ1) is 22.6. The van der Waals surface area contributed by atoms with Gasteiger partial charge in [0, 0.05) is 27.8 Å². The van der Waals surface area contributed by atoms with Gasteiger partial charge in [-0.3, -0.25) is 9.59 Å². The van der Waals surface area contributed by atoms with E-state index in [-0.39, 0.29) is 18.9 Å². The second-order valence-corrected chi connectivity index (χ2v) is 8.26. The Kier molecular flexibility index (Phi) is 6.82. The van der Waals surface area contributed by atoms with Crippen LogP contribution in [0.5, 0.6) is 0 Å². The summed E-state index contributed by atoms with van der Waals surface area (Å²) >= 11 is 12.5. The van der Waals surface area contributed by atoms with E-state index in [1.54, 1.807) is 18.2 Å². The van der Waals surface area contributed by atoms with Crippen LogP contribution in [-0.4, -0.2) is 33.5 Å². The van der Waals surface area contributed by atoms with Crippen LogP contribution in [0.2, 0.25) is 10.0 Å². The number of carbonyl (C=O) groups excluding carboxylic acids is 1. The van der Waals surface area contributed by atoms with Crippen LogP contribution in [0.1, 0.15) is 22.3 Å². The fourth-order valence-electron chi connectivity index (χ4n) is 3.38. The van der Waals surface area contributed by atoms with Gasteiger partial charge in [-0.05, 0) is 48.0 Å². The van der Waals surface area contributed by atoms with E-state index < -0.39 is 5.97 Å². The highest BCUT2D eigenvalue weighted by Crippen LogP contribution is 2.32. The number of nitrogens with one attached hydrogen (secondary N) is 2. The van der Waals surface area contributed by atoms with Crippen LogP contribution in [0.3, 0.4) is 0 Å². The predicted octanol–water partition coefficient (Wildman–Crippen LogP) is 5.41. The maximum atomic E-state index is 12.2. The molecular formula is C24H20Cl2N4O3. The smallest absolute Gasteiger partial charge is 0.305 e. The number of hydrogen-bond acceptors (Lipinski definition) is 4. The van der Waals surface area contributed by atoms with Gasteiger partial charge in [-0.2, -0.15) is 0 Å². The van der Waals surface area contributed by atoms with E-state index in [2.05, 4.69) is 10.3 Å². The molecule has 3 aromatic carbocycles. The Labute approximate surface area is 200 Å². The van der Waals surface area contributed by atoms with Gasteiger partial charge in [-0.15, -0.1) is 0 Å². The van der Waals surface area contributed by atoms with E-state index in [0.717, 1.165) is 22.3 Å². The molecule has 7 nitrogen and oxygen atoms in total. The van der Waals surface area contributed by atoms with Gasteiger partial charge in [-0.25, -0.2) is 4.98 Å². The second-order valence-electron chi connectivity index (χ2n) is 7.39. The molecule has 1 aromatic heterocycles. The fraction of sp³-hybridized carbons (Fsp3) is 0.125. The molecule has 0 saturated heterocycles. The SMILES string of the molecule is O=C(O)CCNC(=O)c1ccc(CN(c2cc(Cl)cc(Cl)c2)c2nc3ccccc3[nH]2)cc1. The number of amides is 1. The Morgan fingerprint density at radius 2 is 1.70 bits per heavy atom. The van der Waals surface area contributed by atoms with Crippen LogP contribution >= 0.6 is 23.2 Å². The van der Waals surface area contributed by atoms with Crippen LogP contribution in [0.15, 0.2) is 66.7 Å². The summed E-state index contributed by atoms with van der Waals surface area (Å²) in [5, 5.41) is 12.3. The lowest BCUT2D eigenvalue weighted by Gasteiger charge is -2.23. The highest BCUT2D eigenvalue weighted by Gasteiger charge is 2.16. The molecule has 0 spiro atoms. The number of aromatic nitrogens is 2. The van der Waals surface area contributed by atoms with Crippen molar-refractivity contribution < 1.29 is 14.7 Å². The lowest BCUT2D eigenvalue weighted by Crippen LogP contribution is -2.26. The third-order valence-corrected chi connectivity index (χ3v) is 5.41. The van der Waals surface area contributed by atoms with Crippen LogP contribution in [0, 0.1) is 0 Å². The predicted molar refractivity (Wildman–Crippen MR) is 129 cm³/mol. The first-order valence-corrected chi connectivity index (χ1v) is 10.9. The van der Waals surface area contributed by atoms with E-state index in [1.807, 2.05) is 53.4 Å². The van der Waals surface area contributed by atoms with E-state index in [0.29, 0.717) is 28.1 Å². The van der Waals surface area contributed by atoms with E-state index in [9.17, 15) is 9.59 Å². The van der Waals surface area contributed by atoms with Crippen molar-refractivity contribution >= 4 is 57.7 Å². The Morgan fingerprint density at radius 3 is 2.36 bits per heavy atom. The molecule has 168 valence electrons. The zero-order chi connectivity index (χ0) is 23.4. The number of H-pyrrole nitrogens is 1. The number of fused-ring (bicyclic) bond motifs is 1. The van der Waals surface area contributed by atoms with Gasteiger partial charge in [0.15, 0.2) is 0 Å². The first-order valence-electron chi connectivity index (χ1n) is 10.2. The minimum atomic E-state index is -0.961. The molecule has 0 aliphatic heterocycles. The highest BCUT2D eigenvalue weighted by atomic mass is 35.5. The van der Waals surface area contributed by atoms with Crippen molar-refractivity contribution in [3.8, 4) is 0 Å². The highest BCUT2D eigenvalue weighted by molar-refractivity contribution is 6.35. The minimum absolute atomic E-state index is 0.0747. The number of carbonyl (C=O) groups is 2. The number of carboxylic acid groups (broad SMARTS) is 1. The maximum absolute atomic E-state index is 12.2. The molecule has 3 N–H and O–H groups in total. The molecule has 9 heteroatoms. The molecule has 4 rings (SSSR count). The average molecular weight is 483 g/mol. The largest absolute Gasteiger partial charge is 0.481 e. The summed E-state index contributed by atoms with van der Waals surface area (Å²) in [6.45, 7) is 0.517. The van der Waals surface area contributed by atoms with E-state index in [1.165, 1.54) is 0 Å². The van der Waals surface area contributed by atoms with Gasteiger partial charge in [-0.1, -0.05) is 47.5 Å². The van der Waals surface area contributed by atoms with Crippen LogP contribution < -0.4 is 10.2 Å². The monoisotopic (exact) mass is 482 g/mol. The zero-order valence-corrected chi connectivity index (χ0v) is 18.9. The lowest BCUT2D eigenvalue weighted by atomic mass is 10.1. The molecule has 0 unspecified atom stereocenters. The topological polar surface area (TPSA) is 98.3 Å². The Bertz CT molecular complexity index is 1250. The van der Waals surface area contributed by atoms with Crippen LogP contribution in [-0.2, 0) is 11.3 Å². The van der Waals surface area contributed by atoms with Gasteiger partial charge in [0.25, 0.3) is 5.91 Å². The Morgan fingerprint density at radius 1 is 1.00 bits per heavy atom. The average Bonchev–Trinajstić information content (AvgIpc) is 3.20. The number of carboxylic acids is 1. The van der Waals surface area contributed by atoms with Gasteiger partial charge < -0.3 is 20.3 Å². The number of aliphatic carboxylic acids is 1. The molecular weight excluding hydrogens is 463 g/mol. The molecule has 0 bridgehead atoms. The first-order chi connectivity index (χ1) is 15.9. The van der Waals surface area contributed by atoms with Crippen molar-refractivity contribution in [1.29, 1.82) is 0 Å². The summed E-state index contributed by atoms with van der Waals surface area (Å²) in [6, 6.07) is 20.1. The molecule has 0 saturated carbocycles. The number of hydrogen-bond donors (Lipinski definition) is 3. The molecule has 0 radical (unpaired) electrons. The number of anilines is 2. The van der Waals surface area contributed by atoms with Crippen LogP contribution in [0.25, 0.3) is 11.0 Å². The summed E-state index contributed by atoms with van der Waals surface area (Å²) in [5.74, 6) is -0.652. The van der Waals surface area contributed by atoms with Gasteiger partial charge >= 0.3 is 5.97 Å². The Hall–Kier alpha value is -3.55. The van der Waals surface area contributed by atoms with E-state index >= 15 is 0 Å². The molecule has 0 aliphatic carbocycles. The number of para-hydroxylation sites is 2. The molecule has 33 heavy (non-hydrogen) atoms. The third-order valence-electron chi connectivity index (χ3n) is 4.97. The van der Waals surface area contributed by atoms with Gasteiger partial charge in [0.05, 0.1) is 24.0 Å². The molecule has 4 aromatic rings. The van der Waals surface area contributed by atoms with Crippen molar-refractivity contribution in [2.45, 2.75) is 13.0 Å². The minimum Gasteiger partial charge on any atom is -0.481 e. The number of rotatable bonds is 8. The quantitative estimate of drug-likeness (QED) is 0.311. The number of imidazole rings is 1. The molecule has 0 atom stereocenters. The summed E-state index contributed by atoms with van der Waals surface area (Å²) in [4.78, 5) is 32.8. The van der Waals surface area contributed by atoms with Crippen molar-refractivity contribution in [1.82, 2.24) is 15.3 Å². The zero-order valence-electron chi connectivity index (χ0n) is 17.4. The summed E-state index contributed by atoms with van der Waals surface area (Å²) in [6.07, 6.45) is -0.127. The molecule has 0 aliphatic rings. The maximum Gasteiger partial charge on any atom is 0.305 e. The Balaban J connectivity index is 1.60. The third kappa shape index (κ3) is 5.63. The van der Waals surface area contributed by atoms with Crippen molar-refractivity contribution in [2.24, 2.45) is 0 Å². The van der Waals surface area contributed by atoms with Crippen molar-refractivity contribution in [3.05, 3.63) is 87.9 Å². The summed E-state index contributed by atoms with van der Waals surface area (Å²) in [7, 11) is 0. The van der Waals surface area contributed by atoms with E-state index in [4.69, 9.17) is 33.3 Å². The second kappa shape index (κ2) is 9.94. The van der Waals surface area contributed by atoms with Gasteiger partial charge in [0.1, 0.15) is 0 Å². The lowest BCUT2D eigenvalue weighted by molar-refractivity contribution is -0.136.